The van der Waals surface area contributed by atoms with E-state index in [9.17, 15) is 13.5 Å². The number of hydrogen-bond donors (Lipinski definition) is 2. The molecular formula is C14H21NO3S. The second-order valence-electron chi connectivity index (χ2n) is 5.17. The molecule has 1 aromatic carbocycles. The summed E-state index contributed by atoms with van der Waals surface area (Å²) in [6.07, 6.45) is 3.84. The summed E-state index contributed by atoms with van der Waals surface area (Å²) in [6.45, 7) is 0. The highest BCUT2D eigenvalue weighted by Gasteiger charge is 2.26. The molecule has 4 nitrogen and oxygen atoms in total. The lowest BCUT2D eigenvalue weighted by atomic mass is 10.1. The zero-order chi connectivity index (χ0) is 13.7. The highest BCUT2D eigenvalue weighted by Crippen LogP contribution is 2.19. The van der Waals surface area contributed by atoms with Gasteiger partial charge in [-0.2, -0.15) is 0 Å². The highest BCUT2D eigenvalue weighted by atomic mass is 32.2. The summed E-state index contributed by atoms with van der Waals surface area (Å²) < 4.78 is 26.9. The fourth-order valence-corrected chi connectivity index (χ4v) is 3.94. The number of aliphatic hydroxyl groups excluding tert-OH is 1. The molecule has 0 heterocycles. The van der Waals surface area contributed by atoms with Crippen LogP contribution in [0.2, 0.25) is 0 Å². The van der Waals surface area contributed by atoms with Crippen molar-refractivity contribution in [2.75, 3.05) is 0 Å². The predicted octanol–water partition coefficient (Wildman–Crippen LogP) is 1.80. The molecule has 1 saturated carbocycles. The summed E-state index contributed by atoms with van der Waals surface area (Å²) in [5.41, 5.74) is 0.762. The Labute approximate surface area is 114 Å². The SMILES string of the molecule is O=S(=O)(Cc1ccccc1)NC1CCCCCC1O. The summed E-state index contributed by atoms with van der Waals surface area (Å²) >= 11 is 0. The first-order valence-electron chi connectivity index (χ1n) is 6.79. The molecule has 0 aromatic heterocycles. The van der Waals surface area contributed by atoms with Crippen LogP contribution in [0.15, 0.2) is 30.3 Å². The van der Waals surface area contributed by atoms with Crippen LogP contribution in [-0.4, -0.2) is 25.7 Å². The van der Waals surface area contributed by atoms with Crippen LogP contribution in [-0.2, 0) is 15.8 Å². The van der Waals surface area contributed by atoms with E-state index in [4.69, 9.17) is 0 Å². The Morgan fingerprint density at radius 2 is 1.79 bits per heavy atom. The number of rotatable bonds is 4. The van der Waals surface area contributed by atoms with Crippen LogP contribution in [0, 0.1) is 0 Å². The minimum Gasteiger partial charge on any atom is -0.391 e. The van der Waals surface area contributed by atoms with Crippen LogP contribution in [0.4, 0.5) is 0 Å². The summed E-state index contributed by atoms with van der Waals surface area (Å²) in [5, 5.41) is 9.95. The number of benzene rings is 1. The third-order valence-electron chi connectivity index (χ3n) is 3.51. The molecule has 0 radical (unpaired) electrons. The van der Waals surface area contributed by atoms with Crippen LogP contribution in [0.1, 0.15) is 37.7 Å². The van der Waals surface area contributed by atoms with Gasteiger partial charge in [0.2, 0.25) is 10.0 Å². The average Bonchev–Trinajstić information content (AvgIpc) is 2.55. The van der Waals surface area contributed by atoms with Crippen molar-refractivity contribution in [2.45, 2.75) is 50.0 Å². The van der Waals surface area contributed by atoms with Crippen LogP contribution in [0.25, 0.3) is 0 Å². The van der Waals surface area contributed by atoms with Gasteiger partial charge in [0, 0.05) is 6.04 Å². The topological polar surface area (TPSA) is 66.4 Å². The summed E-state index contributed by atoms with van der Waals surface area (Å²) in [4.78, 5) is 0. The Hall–Kier alpha value is -0.910. The average molecular weight is 283 g/mol. The van der Waals surface area contributed by atoms with Gasteiger partial charge in [-0.1, -0.05) is 49.6 Å². The van der Waals surface area contributed by atoms with E-state index in [1.54, 1.807) is 12.1 Å². The molecule has 0 bridgehead atoms. The molecule has 5 heteroatoms. The van der Waals surface area contributed by atoms with Crippen molar-refractivity contribution in [1.29, 1.82) is 0 Å². The van der Waals surface area contributed by atoms with Gasteiger partial charge in [0.05, 0.1) is 11.9 Å². The molecule has 106 valence electrons. The summed E-state index contributed by atoms with van der Waals surface area (Å²) in [6, 6.07) is 8.76. The van der Waals surface area contributed by atoms with Crippen molar-refractivity contribution in [3.63, 3.8) is 0 Å². The minimum atomic E-state index is -3.39. The fourth-order valence-electron chi connectivity index (χ4n) is 2.49. The van der Waals surface area contributed by atoms with Crippen molar-refractivity contribution in [2.24, 2.45) is 0 Å². The van der Waals surface area contributed by atoms with Crippen LogP contribution in [0.3, 0.4) is 0 Å². The molecule has 0 aliphatic heterocycles. The molecule has 1 aliphatic rings. The van der Waals surface area contributed by atoms with Crippen molar-refractivity contribution < 1.29 is 13.5 Å². The Bertz CT molecular complexity index is 487. The van der Waals surface area contributed by atoms with Gasteiger partial charge in [0.15, 0.2) is 0 Å². The van der Waals surface area contributed by atoms with Gasteiger partial charge in [-0.15, -0.1) is 0 Å². The molecule has 0 amide bonds. The van der Waals surface area contributed by atoms with Crippen LogP contribution >= 0.6 is 0 Å². The second kappa shape index (κ2) is 6.50. The van der Waals surface area contributed by atoms with Gasteiger partial charge in [-0.25, -0.2) is 13.1 Å². The number of nitrogens with one attached hydrogen (secondary N) is 1. The van der Waals surface area contributed by atoms with Crippen molar-refractivity contribution in [1.82, 2.24) is 4.72 Å². The summed E-state index contributed by atoms with van der Waals surface area (Å²) in [5.74, 6) is -0.0307. The smallest absolute Gasteiger partial charge is 0.216 e. The first-order valence-corrected chi connectivity index (χ1v) is 8.44. The normalized spacial score (nSPS) is 24.9. The zero-order valence-electron chi connectivity index (χ0n) is 11.0. The van der Waals surface area contributed by atoms with E-state index in [1.807, 2.05) is 18.2 Å². The Balaban J connectivity index is 2.00. The first kappa shape index (κ1) is 14.5. The summed E-state index contributed by atoms with van der Waals surface area (Å²) in [7, 11) is -3.39. The fraction of sp³-hybridized carbons (Fsp3) is 0.571. The van der Waals surface area contributed by atoms with E-state index < -0.39 is 16.1 Å². The molecular weight excluding hydrogens is 262 g/mol. The maximum Gasteiger partial charge on any atom is 0.216 e. The van der Waals surface area contributed by atoms with Gasteiger partial charge in [-0.3, -0.25) is 0 Å². The van der Waals surface area contributed by atoms with E-state index in [0.29, 0.717) is 6.42 Å². The van der Waals surface area contributed by atoms with E-state index in [2.05, 4.69) is 4.72 Å². The van der Waals surface area contributed by atoms with E-state index in [1.165, 1.54) is 0 Å². The van der Waals surface area contributed by atoms with E-state index in [-0.39, 0.29) is 11.8 Å². The minimum absolute atomic E-state index is 0.0307. The lowest BCUT2D eigenvalue weighted by Gasteiger charge is -2.21. The number of hydrogen-bond acceptors (Lipinski definition) is 3. The molecule has 2 rings (SSSR count). The highest BCUT2D eigenvalue weighted by molar-refractivity contribution is 7.88. The van der Waals surface area contributed by atoms with Gasteiger partial charge in [-0.05, 0) is 18.4 Å². The molecule has 1 aromatic rings. The maximum absolute atomic E-state index is 12.1. The predicted molar refractivity (Wildman–Crippen MR) is 75.1 cm³/mol. The number of sulfonamides is 1. The molecule has 0 spiro atoms. The molecule has 1 aliphatic carbocycles. The Kier molecular flexibility index (Phi) is 4.96. The Morgan fingerprint density at radius 3 is 2.53 bits per heavy atom. The van der Waals surface area contributed by atoms with Gasteiger partial charge >= 0.3 is 0 Å². The standard InChI is InChI=1S/C14H21NO3S/c16-14-10-6-2-5-9-13(14)15-19(17,18)11-12-7-3-1-4-8-12/h1,3-4,7-8,13-16H,2,5-6,9-11H2. The molecule has 2 N–H and O–H groups in total. The molecule has 0 saturated heterocycles. The van der Waals surface area contributed by atoms with E-state index >= 15 is 0 Å². The third kappa shape index (κ3) is 4.60. The van der Waals surface area contributed by atoms with Crippen molar-refractivity contribution >= 4 is 10.0 Å². The van der Waals surface area contributed by atoms with Gasteiger partial charge in [0.25, 0.3) is 0 Å². The largest absolute Gasteiger partial charge is 0.391 e. The monoisotopic (exact) mass is 283 g/mol. The quantitative estimate of drug-likeness (QED) is 0.828. The molecule has 2 unspecified atom stereocenters. The van der Waals surface area contributed by atoms with Gasteiger partial charge in [0.1, 0.15) is 0 Å². The second-order valence-corrected chi connectivity index (χ2v) is 6.93. The van der Waals surface area contributed by atoms with Crippen LogP contribution < -0.4 is 4.72 Å². The zero-order valence-corrected chi connectivity index (χ0v) is 11.8. The van der Waals surface area contributed by atoms with Crippen molar-refractivity contribution in [3.05, 3.63) is 35.9 Å². The Morgan fingerprint density at radius 1 is 1.11 bits per heavy atom. The van der Waals surface area contributed by atoms with Crippen LogP contribution in [0.5, 0.6) is 0 Å². The maximum atomic E-state index is 12.1. The number of aliphatic hydroxyl groups is 1. The molecule has 19 heavy (non-hydrogen) atoms. The van der Waals surface area contributed by atoms with Crippen molar-refractivity contribution in [3.8, 4) is 0 Å². The van der Waals surface area contributed by atoms with E-state index in [0.717, 1.165) is 31.2 Å². The molecule has 2 atom stereocenters. The lowest BCUT2D eigenvalue weighted by molar-refractivity contribution is 0.130. The van der Waals surface area contributed by atoms with Gasteiger partial charge < -0.3 is 5.11 Å². The first-order chi connectivity index (χ1) is 9.07. The molecule has 1 fully saturated rings. The lowest BCUT2D eigenvalue weighted by Crippen LogP contribution is -2.43. The third-order valence-corrected chi connectivity index (χ3v) is 4.89.